The molecule has 10 nitrogen and oxygen atoms in total. The number of rotatable bonds is 8. The molecule has 0 fully saturated rings. The minimum absolute atomic E-state index is 0.135. The second-order valence-electron chi connectivity index (χ2n) is 12.1. The Kier molecular flexibility index (Phi) is 8.43. The van der Waals surface area contributed by atoms with Crippen LogP contribution < -0.4 is 0 Å². The average molecular weight is 651 g/mol. The maximum Gasteiger partial charge on any atom is 0.157 e. The molecule has 5 aromatic rings. The van der Waals surface area contributed by atoms with Crippen molar-refractivity contribution in [3.05, 3.63) is 129 Å². The summed E-state index contributed by atoms with van der Waals surface area (Å²) in [5.41, 5.74) is 4.57. The summed E-state index contributed by atoms with van der Waals surface area (Å²) in [7, 11) is 0. The molecule has 48 heavy (non-hydrogen) atoms. The summed E-state index contributed by atoms with van der Waals surface area (Å²) >= 11 is 0. The van der Waals surface area contributed by atoms with Crippen LogP contribution in [0.2, 0.25) is 0 Å². The number of phenolic OH excluding ortho intramolecular Hbond substituents is 8. The van der Waals surface area contributed by atoms with Gasteiger partial charge >= 0.3 is 0 Å². The third-order valence-electron chi connectivity index (χ3n) is 8.68. The lowest BCUT2D eigenvalue weighted by atomic mass is 9.85. The van der Waals surface area contributed by atoms with Crippen molar-refractivity contribution in [1.29, 1.82) is 0 Å². The van der Waals surface area contributed by atoms with Crippen molar-refractivity contribution in [1.82, 2.24) is 0 Å². The summed E-state index contributed by atoms with van der Waals surface area (Å²) in [6, 6.07) is 16.5. The van der Waals surface area contributed by atoms with Crippen LogP contribution in [0.1, 0.15) is 45.4 Å². The highest BCUT2D eigenvalue weighted by Gasteiger charge is 2.24. The molecule has 0 spiro atoms. The lowest BCUT2D eigenvalue weighted by Gasteiger charge is -2.22. The van der Waals surface area contributed by atoms with Crippen LogP contribution in [-0.2, 0) is 25.7 Å². The van der Waals surface area contributed by atoms with Gasteiger partial charge in [-0.05, 0) is 94.3 Å². The predicted octanol–water partition coefficient (Wildman–Crippen LogP) is 5.93. The Morgan fingerprint density at radius 2 is 0.833 bits per heavy atom. The van der Waals surface area contributed by atoms with E-state index in [-0.39, 0.29) is 83.9 Å². The quantitative estimate of drug-likeness (QED) is 0.0897. The molecular formula is C38H34O10. The largest absolute Gasteiger partial charge is 0.510 e. The van der Waals surface area contributed by atoms with E-state index in [1.165, 1.54) is 42.5 Å². The molecule has 10 heteroatoms. The molecule has 1 aliphatic rings. The highest BCUT2D eigenvalue weighted by Crippen LogP contribution is 2.45. The molecule has 0 heterocycles. The van der Waals surface area contributed by atoms with Crippen molar-refractivity contribution >= 4 is 10.8 Å². The molecular weight excluding hydrogens is 616 g/mol. The van der Waals surface area contributed by atoms with Crippen molar-refractivity contribution < 1.29 is 51.1 Å². The fourth-order valence-corrected chi connectivity index (χ4v) is 6.24. The van der Waals surface area contributed by atoms with E-state index in [0.717, 1.165) is 5.57 Å². The Morgan fingerprint density at radius 1 is 0.438 bits per heavy atom. The Labute approximate surface area is 274 Å². The van der Waals surface area contributed by atoms with E-state index in [2.05, 4.69) is 0 Å². The normalized spacial score (nSPS) is 14.6. The molecule has 6 rings (SSSR count). The molecule has 0 radical (unpaired) electrons. The number of phenols is 8. The van der Waals surface area contributed by atoms with Crippen LogP contribution in [0.15, 0.2) is 90.2 Å². The van der Waals surface area contributed by atoms with Crippen LogP contribution in [0.5, 0.6) is 46.0 Å². The summed E-state index contributed by atoms with van der Waals surface area (Å²) < 4.78 is 0. The molecule has 1 aliphatic carbocycles. The Morgan fingerprint density at radius 3 is 1.23 bits per heavy atom. The summed E-state index contributed by atoms with van der Waals surface area (Å²) in [6.45, 7) is 0. The zero-order valence-corrected chi connectivity index (χ0v) is 25.6. The molecule has 0 saturated carbocycles. The van der Waals surface area contributed by atoms with Crippen LogP contribution in [0.25, 0.3) is 10.8 Å². The van der Waals surface area contributed by atoms with E-state index < -0.39 is 6.10 Å². The summed E-state index contributed by atoms with van der Waals surface area (Å²) in [4.78, 5) is 0. The minimum Gasteiger partial charge on any atom is -0.510 e. The monoisotopic (exact) mass is 650 g/mol. The van der Waals surface area contributed by atoms with Gasteiger partial charge in [-0.25, -0.2) is 0 Å². The van der Waals surface area contributed by atoms with E-state index >= 15 is 0 Å². The van der Waals surface area contributed by atoms with Crippen molar-refractivity contribution in [2.45, 2.75) is 38.2 Å². The Balaban J connectivity index is 1.60. The van der Waals surface area contributed by atoms with E-state index in [4.69, 9.17) is 0 Å². The highest BCUT2D eigenvalue weighted by atomic mass is 16.3. The summed E-state index contributed by atoms with van der Waals surface area (Å²) in [6.07, 6.45) is 2.80. The molecule has 0 amide bonds. The van der Waals surface area contributed by atoms with Gasteiger partial charge in [-0.2, -0.15) is 0 Å². The van der Waals surface area contributed by atoms with Crippen LogP contribution in [0, 0.1) is 0 Å². The maximum absolute atomic E-state index is 11.9. The van der Waals surface area contributed by atoms with Crippen LogP contribution in [0.3, 0.4) is 0 Å². The highest BCUT2D eigenvalue weighted by molar-refractivity contribution is 6.00. The van der Waals surface area contributed by atoms with Crippen molar-refractivity contribution in [2.24, 2.45) is 0 Å². The third-order valence-corrected chi connectivity index (χ3v) is 8.68. The van der Waals surface area contributed by atoms with E-state index in [0.29, 0.717) is 49.7 Å². The number of fused-ring (bicyclic) bond motifs is 1. The van der Waals surface area contributed by atoms with Crippen molar-refractivity contribution in [3.63, 3.8) is 0 Å². The molecule has 0 unspecified atom stereocenters. The zero-order chi connectivity index (χ0) is 34.3. The number of aliphatic hydroxyl groups excluding tert-OH is 2. The van der Waals surface area contributed by atoms with Gasteiger partial charge in [0.25, 0.3) is 0 Å². The topological polar surface area (TPSA) is 202 Å². The summed E-state index contributed by atoms with van der Waals surface area (Å²) in [5.74, 6) is -2.29. The SMILES string of the molecule is OC1=CC=C(Cc2cc(Cc3ccc(O)c(O)c3)c(O)c3c(Cc4ccc(O)c(O)c4)cc(Cc4ccc(O)c(O)c4)c(O)c23)C[C@H]1O. The molecule has 246 valence electrons. The minimum atomic E-state index is -1.10. The lowest BCUT2D eigenvalue weighted by molar-refractivity contribution is 0.150. The molecule has 10 N–H and O–H groups in total. The van der Waals surface area contributed by atoms with Gasteiger partial charge in [0.2, 0.25) is 0 Å². The Hall–Kier alpha value is -6.00. The number of hydrogen-bond donors (Lipinski definition) is 10. The van der Waals surface area contributed by atoms with Gasteiger partial charge in [-0.3, -0.25) is 0 Å². The summed E-state index contributed by atoms with van der Waals surface area (Å²) in [5, 5.41) is 105. The first kappa shape index (κ1) is 32.0. The van der Waals surface area contributed by atoms with Crippen LogP contribution >= 0.6 is 0 Å². The smallest absolute Gasteiger partial charge is 0.157 e. The molecule has 1 atom stereocenters. The average Bonchev–Trinajstić information content (AvgIpc) is 3.04. The lowest BCUT2D eigenvalue weighted by Crippen LogP contribution is -2.15. The fraction of sp³-hybridized carbons (Fsp3) is 0.158. The van der Waals surface area contributed by atoms with E-state index in [1.54, 1.807) is 36.4 Å². The van der Waals surface area contributed by atoms with Gasteiger partial charge in [0.05, 0.1) is 0 Å². The van der Waals surface area contributed by atoms with Gasteiger partial charge in [0.1, 0.15) is 23.4 Å². The van der Waals surface area contributed by atoms with Gasteiger partial charge in [-0.15, -0.1) is 0 Å². The number of allylic oxidation sites excluding steroid dienone is 2. The fourth-order valence-electron chi connectivity index (χ4n) is 6.24. The molecule has 0 saturated heterocycles. The van der Waals surface area contributed by atoms with Gasteiger partial charge < -0.3 is 51.1 Å². The maximum atomic E-state index is 11.9. The van der Waals surface area contributed by atoms with Gasteiger partial charge in [-0.1, -0.05) is 42.0 Å². The standard InChI is InChI=1S/C38H34O10/c39-27-5-1-19(13-31(27)43)9-23-17-25(11-21-3-7-29(41)33(45)15-21)38(48)36-24(10-20-2-6-28(40)32(44)14-20)18-26(37(47)35(23)36)12-22-4-8-30(42)34(46)16-22/h1-8,13,15-18,32,39-48H,9-12,14H2/t32-/m1/s1. The molecule has 0 bridgehead atoms. The van der Waals surface area contributed by atoms with Gasteiger partial charge in [0.15, 0.2) is 34.5 Å². The van der Waals surface area contributed by atoms with E-state index in [1.807, 2.05) is 0 Å². The first-order chi connectivity index (χ1) is 22.9. The van der Waals surface area contributed by atoms with E-state index in [9.17, 15) is 51.1 Å². The number of benzene rings is 5. The number of hydrogen-bond acceptors (Lipinski definition) is 10. The second kappa shape index (κ2) is 12.7. The first-order valence-corrected chi connectivity index (χ1v) is 15.2. The Bertz CT molecular complexity index is 2130. The molecule has 0 aromatic heterocycles. The van der Waals surface area contributed by atoms with Crippen molar-refractivity contribution in [3.8, 4) is 46.0 Å². The van der Waals surface area contributed by atoms with Gasteiger partial charge in [0, 0.05) is 30.0 Å². The second-order valence-corrected chi connectivity index (χ2v) is 12.1. The number of aliphatic hydroxyl groups is 2. The predicted molar refractivity (Wildman–Crippen MR) is 178 cm³/mol. The molecule has 5 aromatic carbocycles. The first-order valence-electron chi connectivity index (χ1n) is 15.2. The van der Waals surface area contributed by atoms with Crippen molar-refractivity contribution in [2.75, 3.05) is 0 Å². The third kappa shape index (κ3) is 6.33. The number of aromatic hydroxyl groups is 8. The van der Waals surface area contributed by atoms with Crippen LogP contribution in [-0.4, -0.2) is 57.2 Å². The van der Waals surface area contributed by atoms with Crippen LogP contribution in [0.4, 0.5) is 0 Å². The zero-order valence-electron chi connectivity index (χ0n) is 25.6. The molecule has 0 aliphatic heterocycles.